The monoisotopic (exact) mass is 451 g/mol. The summed E-state index contributed by atoms with van der Waals surface area (Å²) in [6, 6.07) is 19.9. The third kappa shape index (κ3) is 4.73. The van der Waals surface area contributed by atoms with Gasteiger partial charge in [-0.05, 0) is 55.5 Å². The molecule has 0 atom stereocenters. The van der Waals surface area contributed by atoms with E-state index in [2.05, 4.69) is 10.0 Å². The van der Waals surface area contributed by atoms with Gasteiger partial charge in [0, 0.05) is 24.3 Å². The zero-order valence-electron chi connectivity index (χ0n) is 17.2. The molecule has 3 aromatic carbocycles. The Labute approximate surface area is 184 Å². The van der Waals surface area contributed by atoms with Crippen molar-refractivity contribution >= 4 is 38.4 Å². The van der Waals surface area contributed by atoms with Crippen LogP contribution in [-0.2, 0) is 21.4 Å². The summed E-state index contributed by atoms with van der Waals surface area (Å²) in [7, 11) is -3.75. The van der Waals surface area contributed by atoms with Crippen LogP contribution in [0.5, 0.6) is 0 Å². The Hall–Kier alpha value is -3.85. The van der Waals surface area contributed by atoms with Crippen molar-refractivity contribution in [3.05, 3.63) is 88.9 Å². The highest BCUT2D eigenvalue weighted by Crippen LogP contribution is 2.19. The van der Waals surface area contributed by atoms with Crippen molar-refractivity contribution in [2.75, 3.05) is 10.0 Å². The minimum absolute atomic E-state index is 0.0540. The van der Waals surface area contributed by atoms with Crippen LogP contribution in [0.25, 0.3) is 11.1 Å². The minimum Gasteiger partial charge on any atom is -0.408 e. The molecule has 4 aromatic rings. The lowest BCUT2D eigenvalue weighted by atomic mass is 10.2. The molecule has 32 heavy (non-hydrogen) atoms. The Balaban J connectivity index is 1.38. The maximum absolute atomic E-state index is 12.6. The predicted octanol–water partition coefficient (Wildman–Crippen LogP) is 3.73. The summed E-state index contributed by atoms with van der Waals surface area (Å²) in [6.45, 7) is 2.08. The molecule has 4 rings (SSSR count). The molecule has 0 spiro atoms. The van der Waals surface area contributed by atoms with E-state index in [1.165, 1.54) is 28.8 Å². The number of sulfonamides is 1. The van der Waals surface area contributed by atoms with Crippen molar-refractivity contribution in [3.63, 3.8) is 0 Å². The number of carbonyl (C=O) groups is 1. The smallest absolute Gasteiger partial charge is 0.408 e. The van der Waals surface area contributed by atoms with E-state index in [-0.39, 0.29) is 23.8 Å². The molecule has 0 unspecified atom stereocenters. The number of fused-ring (bicyclic) bond motifs is 1. The van der Waals surface area contributed by atoms with Crippen LogP contribution in [-0.4, -0.2) is 18.9 Å². The number of rotatable bonds is 7. The molecule has 164 valence electrons. The molecule has 0 saturated carbocycles. The van der Waals surface area contributed by atoms with Crippen molar-refractivity contribution < 1.29 is 17.6 Å². The van der Waals surface area contributed by atoms with E-state index in [1.807, 2.05) is 19.1 Å². The van der Waals surface area contributed by atoms with Crippen LogP contribution < -0.4 is 15.8 Å². The molecule has 0 radical (unpaired) electrons. The van der Waals surface area contributed by atoms with E-state index in [1.54, 1.807) is 36.4 Å². The number of aryl methyl sites for hydroxylation is 2. The number of amides is 1. The SMILES string of the molecule is Cc1ccc(NS(=O)(=O)c2ccc(NC(=O)CCn3c(=O)oc4ccccc43)cc2)cc1. The van der Waals surface area contributed by atoms with Crippen molar-refractivity contribution in [1.82, 2.24) is 4.57 Å². The Kier molecular flexibility index (Phi) is 5.83. The third-order valence-electron chi connectivity index (χ3n) is 4.89. The van der Waals surface area contributed by atoms with Gasteiger partial charge in [-0.15, -0.1) is 0 Å². The van der Waals surface area contributed by atoms with Gasteiger partial charge in [0.15, 0.2) is 5.58 Å². The minimum atomic E-state index is -3.75. The molecule has 0 bridgehead atoms. The van der Waals surface area contributed by atoms with Crippen LogP contribution in [0.4, 0.5) is 11.4 Å². The maximum atomic E-state index is 12.6. The van der Waals surface area contributed by atoms with E-state index >= 15 is 0 Å². The molecule has 1 aromatic heterocycles. The van der Waals surface area contributed by atoms with Gasteiger partial charge in [-0.3, -0.25) is 14.1 Å². The quantitative estimate of drug-likeness (QED) is 0.445. The molecule has 0 aliphatic rings. The number of oxazole rings is 1. The first kappa shape index (κ1) is 21.4. The van der Waals surface area contributed by atoms with Crippen LogP contribution in [0.2, 0.25) is 0 Å². The first-order valence-electron chi connectivity index (χ1n) is 9.90. The molecule has 1 heterocycles. The lowest BCUT2D eigenvalue weighted by molar-refractivity contribution is -0.116. The summed E-state index contributed by atoms with van der Waals surface area (Å²) < 4.78 is 34.2. The summed E-state index contributed by atoms with van der Waals surface area (Å²) in [5, 5.41) is 2.71. The van der Waals surface area contributed by atoms with Gasteiger partial charge in [0.2, 0.25) is 5.91 Å². The van der Waals surface area contributed by atoms with Gasteiger partial charge >= 0.3 is 5.76 Å². The number of hydrogen-bond donors (Lipinski definition) is 2. The first-order valence-corrected chi connectivity index (χ1v) is 11.4. The summed E-state index contributed by atoms with van der Waals surface area (Å²) >= 11 is 0. The van der Waals surface area contributed by atoms with Gasteiger partial charge in [-0.25, -0.2) is 13.2 Å². The average Bonchev–Trinajstić information content (AvgIpc) is 3.09. The fraction of sp³-hybridized carbons (Fsp3) is 0.130. The lowest BCUT2D eigenvalue weighted by Crippen LogP contribution is -2.20. The second-order valence-corrected chi connectivity index (χ2v) is 8.96. The Morgan fingerprint density at radius 2 is 1.59 bits per heavy atom. The van der Waals surface area contributed by atoms with Crippen molar-refractivity contribution in [2.24, 2.45) is 0 Å². The summed E-state index contributed by atoms with van der Waals surface area (Å²) in [4.78, 5) is 24.4. The van der Waals surface area contributed by atoms with E-state index in [9.17, 15) is 18.0 Å². The number of anilines is 2. The Morgan fingerprint density at radius 3 is 2.31 bits per heavy atom. The molecule has 8 nitrogen and oxygen atoms in total. The number of nitrogens with zero attached hydrogens (tertiary/aromatic N) is 1. The lowest BCUT2D eigenvalue weighted by Gasteiger charge is -2.10. The molecule has 0 saturated heterocycles. The molecule has 9 heteroatoms. The second kappa shape index (κ2) is 8.72. The predicted molar refractivity (Wildman–Crippen MR) is 122 cm³/mol. The van der Waals surface area contributed by atoms with Crippen LogP contribution in [0.3, 0.4) is 0 Å². The van der Waals surface area contributed by atoms with E-state index < -0.39 is 15.8 Å². The summed E-state index contributed by atoms with van der Waals surface area (Å²) in [5.74, 6) is -0.829. The highest BCUT2D eigenvalue weighted by atomic mass is 32.2. The largest absolute Gasteiger partial charge is 0.419 e. The topological polar surface area (TPSA) is 110 Å². The van der Waals surface area contributed by atoms with Gasteiger partial charge in [0.25, 0.3) is 10.0 Å². The molecular weight excluding hydrogens is 430 g/mol. The number of hydrogen-bond acceptors (Lipinski definition) is 5. The zero-order valence-corrected chi connectivity index (χ0v) is 18.1. The standard InChI is InChI=1S/C23H21N3O5S/c1-16-6-8-18(9-7-16)25-32(29,30)19-12-10-17(11-13-19)24-22(27)14-15-26-20-4-2-3-5-21(20)31-23(26)28/h2-13,25H,14-15H2,1H3,(H,24,27). The van der Waals surface area contributed by atoms with Gasteiger partial charge in [-0.2, -0.15) is 0 Å². The maximum Gasteiger partial charge on any atom is 0.419 e. The molecule has 0 aliphatic carbocycles. The van der Waals surface area contributed by atoms with Crippen LogP contribution in [0.15, 0.2) is 86.9 Å². The molecule has 0 aliphatic heterocycles. The van der Waals surface area contributed by atoms with Crippen LogP contribution in [0, 0.1) is 6.92 Å². The van der Waals surface area contributed by atoms with Crippen molar-refractivity contribution in [1.29, 1.82) is 0 Å². The van der Waals surface area contributed by atoms with Gasteiger partial charge in [0.05, 0.1) is 10.4 Å². The fourth-order valence-electron chi connectivity index (χ4n) is 3.22. The molecular formula is C23H21N3O5S. The fourth-order valence-corrected chi connectivity index (χ4v) is 4.27. The van der Waals surface area contributed by atoms with Crippen molar-refractivity contribution in [3.8, 4) is 0 Å². The normalized spacial score (nSPS) is 11.4. The summed E-state index contributed by atoms with van der Waals surface area (Å²) in [6.07, 6.45) is 0.0540. The van der Waals surface area contributed by atoms with Gasteiger partial charge in [0.1, 0.15) is 0 Å². The number of carbonyl (C=O) groups excluding carboxylic acids is 1. The van der Waals surface area contributed by atoms with Crippen LogP contribution >= 0.6 is 0 Å². The summed E-state index contributed by atoms with van der Waals surface area (Å²) in [5.41, 5.74) is 3.04. The number of aromatic nitrogens is 1. The third-order valence-corrected chi connectivity index (χ3v) is 6.29. The first-order chi connectivity index (χ1) is 15.3. The van der Waals surface area contributed by atoms with E-state index in [0.29, 0.717) is 22.5 Å². The van der Waals surface area contributed by atoms with Gasteiger partial charge < -0.3 is 9.73 Å². The molecule has 1 amide bonds. The zero-order chi connectivity index (χ0) is 22.7. The number of para-hydroxylation sites is 2. The van der Waals surface area contributed by atoms with E-state index in [4.69, 9.17) is 4.42 Å². The van der Waals surface area contributed by atoms with Crippen molar-refractivity contribution in [2.45, 2.75) is 24.8 Å². The van der Waals surface area contributed by atoms with E-state index in [0.717, 1.165) is 5.56 Å². The van der Waals surface area contributed by atoms with Crippen LogP contribution in [0.1, 0.15) is 12.0 Å². The average molecular weight is 452 g/mol. The highest BCUT2D eigenvalue weighted by molar-refractivity contribution is 7.92. The Morgan fingerprint density at radius 1 is 0.938 bits per heavy atom. The van der Waals surface area contributed by atoms with Gasteiger partial charge in [-0.1, -0.05) is 29.8 Å². The number of benzene rings is 3. The second-order valence-electron chi connectivity index (χ2n) is 7.28. The highest BCUT2D eigenvalue weighted by Gasteiger charge is 2.15. The molecule has 2 N–H and O–H groups in total. The number of nitrogens with one attached hydrogen (secondary N) is 2. The Bertz CT molecular complexity index is 1420. The molecule has 0 fully saturated rings.